The Hall–Kier alpha value is -2.19. The van der Waals surface area contributed by atoms with Crippen LogP contribution in [0.1, 0.15) is 42.8 Å². The maximum absolute atomic E-state index is 12.4. The lowest BCUT2D eigenvalue weighted by molar-refractivity contribution is -0.121. The van der Waals surface area contributed by atoms with Crippen LogP contribution in [-0.2, 0) is 34.1 Å². The summed E-state index contributed by atoms with van der Waals surface area (Å²) in [5.74, 6) is -0.0295. The molecule has 0 fully saturated rings. The van der Waals surface area contributed by atoms with E-state index in [1.54, 1.807) is 24.3 Å². The number of nitrogens with zero attached hydrogens (tertiary/aromatic N) is 2. The van der Waals surface area contributed by atoms with Gasteiger partial charge in [0.05, 0.1) is 28.9 Å². The average Bonchev–Trinajstić information content (AvgIpc) is 3.07. The van der Waals surface area contributed by atoms with Crippen molar-refractivity contribution in [3.63, 3.8) is 0 Å². The number of hydrogen-bond donors (Lipinski definition) is 2. The normalized spacial score (nSPS) is 15.2. The maximum atomic E-state index is 12.4. The highest BCUT2D eigenvalue weighted by atomic mass is 32.2. The number of carbonyl (C=O) groups excluding carboxylic acids is 1. The van der Waals surface area contributed by atoms with E-state index in [-0.39, 0.29) is 16.8 Å². The Balaban J connectivity index is 1.57. The molecule has 3 rings (SSSR count). The average molecular weight is 391 g/mol. The number of hydrogen-bond acceptors (Lipinski definition) is 5. The van der Waals surface area contributed by atoms with Crippen LogP contribution in [0.15, 0.2) is 35.2 Å². The Morgan fingerprint density at radius 2 is 2.07 bits per heavy atom. The molecule has 1 unspecified atom stereocenters. The third-order valence-electron chi connectivity index (χ3n) is 4.78. The van der Waals surface area contributed by atoms with E-state index in [1.165, 1.54) is 6.26 Å². The molecule has 1 atom stereocenters. The fraction of sp³-hybridized carbons (Fsp3) is 0.474. The van der Waals surface area contributed by atoms with Gasteiger partial charge in [-0.1, -0.05) is 19.1 Å². The molecule has 8 heteroatoms. The molecule has 27 heavy (non-hydrogen) atoms. The van der Waals surface area contributed by atoms with Gasteiger partial charge < -0.3 is 10.6 Å². The van der Waals surface area contributed by atoms with Gasteiger partial charge in [-0.3, -0.25) is 9.48 Å². The van der Waals surface area contributed by atoms with E-state index in [2.05, 4.69) is 21.8 Å². The van der Waals surface area contributed by atoms with Crippen LogP contribution in [0.2, 0.25) is 0 Å². The van der Waals surface area contributed by atoms with Crippen molar-refractivity contribution in [3.8, 4) is 0 Å². The molecule has 0 saturated heterocycles. The number of nitrogens with one attached hydrogen (secondary N) is 2. The summed E-state index contributed by atoms with van der Waals surface area (Å²) in [6.07, 6.45) is 2.90. The zero-order valence-electron chi connectivity index (χ0n) is 15.7. The molecule has 2 N–H and O–H groups in total. The van der Waals surface area contributed by atoms with Crippen LogP contribution < -0.4 is 10.6 Å². The van der Waals surface area contributed by atoms with Gasteiger partial charge in [0, 0.05) is 32.2 Å². The zero-order valence-corrected chi connectivity index (χ0v) is 16.6. The molecule has 0 bridgehead atoms. The topological polar surface area (TPSA) is 93.1 Å². The van der Waals surface area contributed by atoms with Gasteiger partial charge in [-0.2, -0.15) is 5.10 Å². The second-order valence-electron chi connectivity index (χ2n) is 6.90. The molecule has 2 heterocycles. The molecular weight excluding hydrogens is 364 g/mol. The van der Waals surface area contributed by atoms with E-state index in [0.29, 0.717) is 12.8 Å². The predicted molar refractivity (Wildman–Crippen MR) is 103 cm³/mol. The molecule has 1 aliphatic heterocycles. The first-order chi connectivity index (χ1) is 12.9. The third-order valence-corrected chi connectivity index (χ3v) is 5.91. The van der Waals surface area contributed by atoms with E-state index < -0.39 is 9.84 Å². The standard InChI is InChI=1S/C19H26N4O3S/c1-3-18(14-4-7-17(8-5-14)27(2,25)26)21-19(24)9-6-15-12-16-13-20-10-11-23(16)22-15/h4-5,7-8,12,18,20H,3,6,9-11,13H2,1-2H3,(H,21,24). The Kier molecular flexibility index (Phi) is 5.96. The highest BCUT2D eigenvalue weighted by molar-refractivity contribution is 7.90. The van der Waals surface area contributed by atoms with Gasteiger partial charge >= 0.3 is 0 Å². The highest BCUT2D eigenvalue weighted by Crippen LogP contribution is 2.19. The van der Waals surface area contributed by atoms with Gasteiger partial charge in [0.15, 0.2) is 9.84 Å². The lowest BCUT2D eigenvalue weighted by Gasteiger charge is -2.17. The Morgan fingerprint density at radius 1 is 1.33 bits per heavy atom. The van der Waals surface area contributed by atoms with Crippen LogP contribution in [0, 0.1) is 0 Å². The van der Waals surface area contributed by atoms with Crippen molar-refractivity contribution < 1.29 is 13.2 Å². The van der Waals surface area contributed by atoms with E-state index in [9.17, 15) is 13.2 Å². The number of carbonyl (C=O) groups is 1. The summed E-state index contributed by atoms with van der Waals surface area (Å²) < 4.78 is 25.1. The van der Waals surface area contributed by atoms with Gasteiger partial charge in [0.25, 0.3) is 0 Å². The van der Waals surface area contributed by atoms with Gasteiger partial charge in [-0.05, 0) is 30.2 Å². The summed E-state index contributed by atoms with van der Waals surface area (Å²) in [7, 11) is -3.22. The van der Waals surface area contributed by atoms with Crippen LogP contribution in [-0.4, -0.2) is 36.9 Å². The Labute approximate surface area is 160 Å². The van der Waals surface area contributed by atoms with E-state index >= 15 is 0 Å². The quantitative estimate of drug-likeness (QED) is 0.749. The highest BCUT2D eigenvalue weighted by Gasteiger charge is 2.16. The molecule has 1 amide bonds. The van der Waals surface area contributed by atoms with Crippen LogP contribution >= 0.6 is 0 Å². The molecule has 0 radical (unpaired) electrons. The summed E-state index contributed by atoms with van der Waals surface area (Å²) in [5, 5.41) is 10.9. The minimum Gasteiger partial charge on any atom is -0.349 e. The number of sulfone groups is 1. The molecule has 0 spiro atoms. The molecule has 7 nitrogen and oxygen atoms in total. The fourth-order valence-corrected chi connectivity index (χ4v) is 3.88. The van der Waals surface area contributed by atoms with Gasteiger partial charge in [0.1, 0.15) is 0 Å². The second kappa shape index (κ2) is 8.22. The SMILES string of the molecule is CCC(NC(=O)CCc1cc2n(n1)CCNC2)c1ccc(S(C)(=O)=O)cc1. The van der Waals surface area contributed by atoms with Crippen molar-refractivity contribution in [3.05, 3.63) is 47.3 Å². The second-order valence-corrected chi connectivity index (χ2v) is 8.91. The van der Waals surface area contributed by atoms with Crippen molar-refractivity contribution in [2.45, 2.75) is 50.2 Å². The van der Waals surface area contributed by atoms with Crippen molar-refractivity contribution in [1.82, 2.24) is 20.4 Å². The molecule has 0 saturated carbocycles. The molecule has 1 aliphatic rings. The summed E-state index contributed by atoms with van der Waals surface area (Å²) in [4.78, 5) is 12.7. The van der Waals surface area contributed by atoms with Crippen LogP contribution in [0.4, 0.5) is 0 Å². The summed E-state index contributed by atoms with van der Waals surface area (Å²) in [6, 6.07) is 8.63. The molecule has 0 aliphatic carbocycles. The van der Waals surface area contributed by atoms with Gasteiger partial charge in [0.2, 0.25) is 5.91 Å². The van der Waals surface area contributed by atoms with Crippen LogP contribution in [0.5, 0.6) is 0 Å². The lowest BCUT2D eigenvalue weighted by Crippen LogP contribution is -2.28. The van der Waals surface area contributed by atoms with Gasteiger partial charge in [-0.25, -0.2) is 8.42 Å². The fourth-order valence-electron chi connectivity index (χ4n) is 3.25. The van der Waals surface area contributed by atoms with E-state index in [0.717, 1.165) is 43.0 Å². The van der Waals surface area contributed by atoms with Crippen molar-refractivity contribution in [1.29, 1.82) is 0 Å². The minimum atomic E-state index is -3.22. The number of fused-ring (bicyclic) bond motifs is 1. The largest absolute Gasteiger partial charge is 0.349 e. The monoisotopic (exact) mass is 390 g/mol. The molecule has 1 aromatic heterocycles. The predicted octanol–water partition coefficient (Wildman–Crippen LogP) is 1.59. The number of benzene rings is 1. The molecule has 146 valence electrons. The minimum absolute atomic E-state index is 0.0295. The molecular formula is C19H26N4O3S. The lowest BCUT2D eigenvalue weighted by atomic mass is 10.0. The van der Waals surface area contributed by atoms with Crippen LogP contribution in [0.3, 0.4) is 0 Å². The molecule has 2 aromatic rings. The van der Waals surface area contributed by atoms with E-state index in [4.69, 9.17) is 0 Å². The summed E-state index contributed by atoms with van der Waals surface area (Å²) in [6.45, 7) is 4.60. The van der Waals surface area contributed by atoms with E-state index in [1.807, 2.05) is 11.6 Å². The van der Waals surface area contributed by atoms with Crippen molar-refractivity contribution in [2.24, 2.45) is 0 Å². The number of aromatic nitrogens is 2. The summed E-state index contributed by atoms with van der Waals surface area (Å²) >= 11 is 0. The van der Waals surface area contributed by atoms with Crippen LogP contribution in [0.25, 0.3) is 0 Å². The van der Waals surface area contributed by atoms with Crippen molar-refractivity contribution in [2.75, 3.05) is 12.8 Å². The first kappa shape index (κ1) is 19.6. The Morgan fingerprint density at radius 3 is 2.70 bits per heavy atom. The Bertz CT molecular complexity index is 880. The number of rotatable bonds is 7. The first-order valence-corrected chi connectivity index (χ1v) is 11.1. The number of amides is 1. The first-order valence-electron chi connectivity index (χ1n) is 9.22. The maximum Gasteiger partial charge on any atom is 0.220 e. The number of aryl methyl sites for hydroxylation is 1. The zero-order chi connectivity index (χ0) is 19.4. The molecule has 1 aromatic carbocycles. The van der Waals surface area contributed by atoms with Gasteiger partial charge in [-0.15, -0.1) is 0 Å². The smallest absolute Gasteiger partial charge is 0.220 e. The summed E-state index contributed by atoms with van der Waals surface area (Å²) in [5.41, 5.74) is 3.00. The third kappa shape index (κ3) is 4.95. The van der Waals surface area contributed by atoms with Crippen molar-refractivity contribution >= 4 is 15.7 Å².